The van der Waals surface area contributed by atoms with Crippen molar-refractivity contribution in [1.29, 1.82) is 5.26 Å². The van der Waals surface area contributed by atoms with Crippen molar-refractivity contribution >= 4 is 0 Å². The highest BCUT2D eigenvalue weighted by Gasteiger charge is 2.29. The summed E-state index contributed by atoms with van der Waals surface area (Å²) in [6.07, 6.45) is 3.70. The Labute approximate surface area is 83.6 Å². The first-order valence-electron chi connectivity index (χ1n) is 4.43. The second-order valence-electron chi connectivity index (χ2n) is 3.24. The molecule has 0 saturated heterocycles. The molecular weight excluding hydrogens is 178 g/mol. The van der Waals surface area contributed by atoms with Crippen molar-refractivity contribution in [3.05, 3.63) is 18.2 Å². The molecule has 4 heteroatoms. The van der Waals surface area contributed by atoms with Crippen molar-refractivity contribution < 1.29 is 4.74 Å². The maximum Gasteiger partial charge on any atom is 0.160 e. The van der Waals surface area contributed by atoms with Crippen LogP contribution in [0.5, 0.6) is 5.75 Å². The first-order valence-corrected chi connectivity index (χ1v) is 4.43. The number of aromatic nitrogens is 2. The number of hydrogen-bond donors (Lipinski definition) is 0. The summed E-state index contributed by atoms with van der Waals surface area (Å²) in [5, 5.41) is 9.09. The van der Waals surface area contributed by atoms with Gasteiger partial charge in [0.25, 0.3) is 0 Å². The molecule has 0 N–H and O–H groups in total. The van der Waals surface area contributed by atoms with E-state index in [9.17, 15) is 0 Å². The summed E-state index contributed by atoms with van der Waals surface area (Å²) in [5.74, 6) is 0.568. The summed E-state index contributed by atoms with van der Waals surface area (Å²) in [4.78, 5) is 7.96. The number of ether oxygens (including phenoxy) is 1. The van der Waals surface area contributed by atoms with Crippen molar-refractivity contribution in [2.45, 2.75) is 25.7 Å². The normalized spacial score (nSPS) is 14.1. The predicted octanol–water partition coefficient (Wildman–Crippen LogP) is 1.68. The van der Waals surface area contributed by atoms with Crippen LogP contribution >= 0.6 is 0 Å². The molecule has 0 amide bonds. The third-order valence-corrected chi connectivity index (χ3v) is 2.38. The Morgan fingerprint density at radius 2 is 2.36 bits per heavy atom. The highest BCUT2D eigenvalue weighted by atomic mass is 16.5. The minimum Gasteiger partial charge on any atom is -0.493 e. The molecule has 0 fully saturated rings. The van der Waals surface area contributed by atoms with Crippen LogP contribution in [0.4, 0.5) is 0 Å². The van der Waals surface area contributed by atoms with E-state index in [0.717, 1.165) is 0 Å². The molecule has 1 aromatic heterocycles. The average molecular weight is 191 g/mol. The Balaban J connectivity index is 3.24. The van der Waals surface area contributed by atoms with E-state index in [0.29, 0.717) is 17.9 Å². The summed E-state index contributed by atoms with van der Waals surface area (Å²) in [6, 6.07) is 2.25. The van der Waals surface area contributed by atoms with Crippen LogP contribution in [0.3, 0.4) is 0 Å². The highest BCUT2D eigenvalue weighted by Crippen LogP contribution is 2.30. The first kappa shape index (κ1) is 10.5. The zero-order chi connectivity index (χ0) is 10.6. The third kappa shape index (κ3) is 1.67. The molecule has 1 atom stereocenters. The van der Waals surface area contributed by atoms with Gasteiger partial charge in [-0.15, -0.1) is 0 Å². The monoisotopic (exact) mass is 191 g/mol. The van der Waals surface area contributed by atoms with Crippen LogP contribution < -0.4 is 4.74 Å². The molecule has 1 heterocycles. The second-order valence-corrected chi connectivity index (χ2v) is 3.24. The molecule has 1 aromatic rings. The Morgan fingerprint density at radius 1 is 1.64 bits per heavy atom. The van der Waals surface area contributed by atoms with Crippen molar-refractivity contribution in [1.82, 2.24) is 9.97 Å². The quantitative estimate of drug-likeness (QED) is 0.729. The zero-order valence-corrected chi connectivity index (χ0v) is 8.61. The lowest BCUT2D eigenvalue weighted by atomic mass is 9.85. The van der Waals surface area contributed by atoms with Crippen LogP contribution in [0, 0.1) is 11.3 Å². The minimum atomic E-state index is -0.603. The molecule has 4 nitrogen and oxygen atoms in total. The molecule has 74 valence electrons. The molecule has 0 aliphatic carbocycles. The van der Waals surface area contributed by atoms with Crippen LogP contribution in [0.25, 0.3) is 0 Å². The average Bonchev–Trinajstić information content (AvgIpc) is 2.28. The number of nitrogens with zero attached hydrogens (tertiary/aromatic N) is 3. The Kier molecular flexibility index (Phi) is 3.03. The number of hydrogen-bond acceptors (Lipinski definition) is 4. The maximum absolute atomic E-state index is 9.09. The van der Waals surface area contributed by atoms with Gasteiger partial charge in [-0.05, 0) is 13.3 Å². The van der Waals surface area contributed by atoms with Gasteiger partial charge in [-0.1, -0.05) is 6.92 Å². The van der Waals surface area contributed by atoms with Crippen molar-refractivity contribution in [2.24, 2.45) is 0 Å². The molecule has 1 unspecified atom stereocenters. The van der Waals surface area contributed by atoms with Crippen LogP contribution in [0.2, 0.25) is 0 Å². The third-order valence-electron chi connectivity index (χ3n) is 2.38. The number of rotatable bonds is 3. The molecule has 0 aliphatic rings. The van der Waals surface area contributed by atoms with Crippen LogP contribution in [0.1, 0.15) is 26.0 Å². The molecule has 0 radical (unpaired) electrons. The Bertz CT molecular complexity index is 359. The minimum absolute atomic E-state index is 0.568. The molecule has 0 saturated carbocycles. The van der Waals surface area contributed by atoms with E-state index < -0.39 is 5.41 Å². The summed E-state index contributed by atoms with van der Waals surface area (Å²) >= 11 is 0. The van der Waals surface area contributed by atoms with E-state index in [-0.39, 0.29) is 0 Å². The van der Waals surface area contributed by atoms with E-state index in [1.807, 2.05) is 13.8 Å². The van der Waals surface area contributed by atoms with E-state index in [1.165, 1.54) is 6.33 Å². The molecule has 0 aromatic carbocycles. The lowest BCUT2D eigenvalue weighted by Gasteiger charge is -2.20. The van der Waals surface area contributed by atoms with E-state index >= 15 is 0 Å². The van der Waals surface area contributed by atoms with Gasteiger partial charge in [0, 0.05) is 0 Å². The molecule has 1 rings (SSSR count). The fourth-order valence-corrected chi connectivity index (χ4v) is 1.18. The molecule has 0 aliphatic heterocycles. The van der Waals surface area contributed by atoms with Crippen LogP contribution in [-0.2, 0) is 5.41 Å². The summed E-state index contributed by atoms with van der Waals surface area (Å²) < 4.78 is 5.12. The molecular formula is C10H13N3O. The van der Waals surface area contributed by atoms with E-state index in [1.54, 1.807) is 13.3 Å². The fraction of sp³-hybridized carbons (Fsp3) is 0.500. The summed E-state index contributed by atoms with van der Waals surface area (Å²) in [7, 11) is 1.55. The standard InChI is InChI=1S/C10H13N3O/c1-4-10(2,6-11)9-8(14-3)5-12-7-13-9/h5,7H,4H2,1-3H3. The smallest absolute Gasteiger partial charge is 0.160 e. The van der Waals surface area contributed by atoms with Gasteiger partial charge in [0.15, 0.2) is 5.75 Å². The van der Waals surface area contributed by atoms with Crippen LogP contribution in [0.15, 0.2) is 12.5 Å². The first-order chi connectivity index (χ1) is 6.68. The lowest BCUT2D eigenvalue weighted by Crippen LogP contribution is -2.21. The maximum atomic E-state index is 9.09. The Hall–Kier alpha value is -1.63. The van der Waals surface area contributed by atoms with Gasteiger partial charge in [0.1, 0.15) is 17.4 Å². The van der Waals surface area contributed by atoms with Gasteiger partial charge in [-0.2, -0.15) is 5.26 Å². The van der Waals surface area contributed by atoms with Crippen molar-refractivity contribution in [3.63, 3.8) is 0 Å². The lowest BCUT2D eigenvalue weighted by molar-refractivity contribution is 0.391. The van der Waals surface area contributed by atoms with Gasteiger partial charge in [-0.25, -0.2) is 9.97 Å². The molecule has 14 heavy (non-hydrogen) atoms. The molecule has 0 bridgehead atoms. The summed E-state index contributed by atoms with van der Waals surface area (Å²) in [6.45, 7) is 3.79. The zero-order valence-electron chi connectivity index (χ0n) is 8.61. The number of methoxy groups -OCH3 is 1. The van der Waals surface area contributed by atoms with E-state index in [4.69, 9.17) is 10.00 Å². The largest absolute Gasteiger partial charge is 0.493 e. The number of nitriles is 1. The topological polar surface area (TPSA) is 58.8 Å². The van der Waals surface area contributed by atoms with E-state index in [2.05, 4.69) is 16.0 Å². The SMILES string of the molecule is CCC(C)(C#N)c1ncncc1OC. The van der Waals surface area contributed by atoms with Gasteiger partial charge in [0.2, 0.25) is 0 Å². The van der Waals surface area contributed by atoms with Crippen LogP contribution in [-0.4, -0.2) is 17.1 Å². The highest BCUT2D eigenvalue weighted by molar-refractivity contribution is 5.35. The van der Waals surface area contributed by atoms with Gasteiger partial charge >= 0.3 is 0 Å². The Morgan fingerprint density at radius 3 is 2.86 bits per heavy atom. The fourth-order valence-electron chi connectivity index (χ4n) is 1.18. The predicted molar refractivity (Wildman–Crippen MR) is 51.8 cm³/mol. The van der Waals surface area contributed by atoms with Gasteiger partial charge < -0.3 is 4.74 Å². The van der Waals surface area contributed by atoms with Crippen molar-refractivity contribution in [3.8, 4) is 11.8 Å². The molecule has 0 spiro atoms. The summed E-state index contributed by atoms with van der Waals surface area (Å²) in [5.41, 5.74) is 0.0499. The van der Waals surface area contributed by atoms with Gasteiger partial charge in [-0.3, -0.25) is 0 Å². The van der Waals surface area contributed by atoms with Gasteiger partial charge in [0.05, 0.1) is 19.4 Å². The van der Waals surface area contributed by atoms with Crippen molar-refractivity contribution in [2.75, 3.05) is 7.11 Å². The second kappa shape index (κ2) is 4.05.